The van der Waals surface area contributed by atoms with Gasteiger partial charge in [-0.25, -0.2) is 4.98 Å². The summed E-state index contributed by atoms with van der Waals surface area (Å²) in [5, 5.41) is 8.79. The van der Waals surface area contributed by atoms with Crippen molar-refractivity contribution in [2.75, 3.05) is 20.3 Å². The molecule has 0 aromatic carbocycles. The number of ether oxygens (including phenoxy) is 2. The molecule has 1 rings (SSSR count). The molecule has 1 heterocycles. The lowest BCUT2D eigenvalue weighted by Crippen LogP contribution is -2.04. The highest BCUT2D eigenvalue weighted by atomic mass is 16.5. The van der Waals surface area contributed by atoms with E-state index in [-0.39, 0.29) is 6.61 Å². The Kier molecular flexibility index (Phi) is 4.88. The molecule has 0 aliphatic carbocycles. The third-order valence-electron chi connectivity index (χ3n) is 1.57. The van der Waals surface area contributed by atoms with Gasteiger partial charge in [-0.1, -0.05) is 0 Å². The number of aliphatic hydroxyl groups excluding tert-OH is 1. The number of hydrogen-bond acceptors (Lipinski definition) is 5. The van der Waals surface area contributed by atoms with E-state index in [0.717, 1.165) is 6.42 Å². The first-order valence-corrected chi connectivity index (χ1v) is 4.40. The molecule has 78 valence electrons. The number of nitrogens with zero attached hydrogens (tertiary/aromatic N) is 2. The monoisotopic (exact) mass is 198 g/mol. The maximum Gasteiger partial charge on any atom is 0.232 e. The molecule has 0 amide bonds. The quantitative estimate of drug-likeness (QED) is 0.669. The molecule has 0 bridgehead atoms. The van der Waals surface area contributed by atoms with Crippen molar-refractivity contribution in [2.45, 2.75) is 13.0 Å². The summed E-state index contributed by atoms with van der Waals surface area (Å²) in [7, 11) is 1.65. The molecule has 0 saturated carbocycles. The van der Waals surface area contributed by atoms with Crippen molar-refractivity contribution in [1.82, 2.24) is 9.97 Å². The number of aliphatic hydroxyl groups is 1. The third kappa shape index (κ3) is 3.68. The van der Waals surface area contributed by atoms with Gasteiger partial charge in [0, 0.05) is 20.1 Å². The van der Waals surface area contributed by atoms with Gasteiger partial charge in [-0.05, 0) is 0 Å². The molecule has 0 aliphatic rings. The minimum Gasteiger partial charge on any atom is -0.476 e. The first-order valence-electron chi connectivity index (χ1n) is 4.40. The molecule has 1 aromatic heterocycles. The average Bonchev–Trinajstić information content (AvgIpc) is 2.25. The number of hydrogen-bond donors (Lipinski definition) is 1. The van der Waals surface area contributed by atoms with Crippen LogP contribution in [0.5, 0.6) is 5.88 Å². The number of methoxy groups -OCH3 is 1. The summed E-state index contributed by atoms with van der Waals surface area (Å²) < 4.78 is 10.2. The van der Waals surface area contributed by atoms with Gasteiger partial charge in [-0.2, -0.15) is 0 Å². The Morgan fingerprint density at radius 1 is 1.36 bits per heavy atom. The van der Waals surface area contributed by atoms with Crippen LogP contribution in [0.4, 0.5) is 0 Å². The summed E-state index contributed by atoms with van der Waals surface area (Å²) in [6, 6.07) is 0. The van der Waals surface area contributed by atoms with Crippen molar-refractivity contribution in [3.8, 4) is 5.88 Å². The smallest absolute Gasteiger partial charge is 0.232 e. The molecule has 0 aliphatic heterocycles. The Morgan fingerprint density at radius 2 is 2.21 bits per heavy atom. The molecule has 0 atom stereocenters. The van der Waals surface area contributed by atoms with Crippen LogP contribution in [0.2, 0.25) is 0 Å². The predicted octanol–water partition coefficient (Wildman–Crippen LogP) is 0.384. The van der Waals surface area contributed by atoms with Gasteiger partial charge in [0.1, 0.15) is 0 Å². The van der Waals surface area contributed by atoms with Crippen LogP contribution in [-0.4, -0.2) is 35.4 Å². The lowest BCUT2D eigenvalue weighted by atomic mass is 10.5. The fraction of sp³-hybridized carbons (Fsp3) is 0.556. The molecule has 1 N–H and O–H groups in total. The van der Waals surface area contributed by atoms with E-state index in [1.807, 2.05) is 0 Å². The van der Waals surface area contributed by atoms with E-state index in [1.54, 1.807) is 7.11 Å². The standard InChI is InChI=1S/C9H14N2O3/c1-13-3-2-4-14-9-6-10-5-8(7-12)11-9/h5-6,12H,2-4,7H2,1H3. The summed E-state index contributed by atoms with van der Waals surface area (Å²) >= 11 is 0. The van der Waals surface area contributed by atoms with Crippen molar-refractivity contribution in [3.63, 3.8) is 0 Å². The van der Waals surface area contributed by atoms with Crippen molar-refractivity contribution in [1.29, 1.82) is 0 Å². The Hall–Kier alpha value is -1.20. The Balaban J connectivity index is 2.34. The van der Waals surface area contributed by atoms with E-state index in [2.05, 4.69) is 9.97 Å². The molecule has 5 heteroatoms. The van der Waals surface area contributed by atoms with Gasteiger partial charge in [-0.3, -0.25) is 4.98 Å². The van der Waals surface area contributed by atoms with Gasteiger partial charge in [-0.15, -0.1) is 0 Å². The Morgan fingerprint density at radius 3 is 2.93 bits per heavy atom. The Labute approximate surface area is 82.7 Å². The van der Waals surface area contributed by atoms with E-state index in [4.69, 9.17) is 14.6 Å². The van der Waals surface area contributed by atoms with Crippen LogP contribution < -0.4 is 4.74 Å². The minimum atomic E-state index is -0.123. The highest BCUT2D eigenvalue weighted by molar-refractivity contribution is 5.07. The largest absolute Gasteiger partial charge is 0.476 e. The maximum absolute atomic E-state index is 8.79. The molecule has 5 nitrogen and oxygen atoms in total. The highest BCUT2D eigenvalue weighted by Crippen LogP contribution is 2.05. The van der Waals surface area contributed by atoms with Gasteiger partial charge < -0.3 is 14.6 Å². The molecular formula is C9H14N2O3. The van der Waals surface area contributed by atoms with Gasteiger partial charge in [0.2, 0.25) is 5.88 Å². The van der Waals surface area contributed by atoms with E-state index >= 15 is 0 Å². The van der Waals surface area contributed by atoms with Gasteiger partial charge >= 0.3 is 0 Å². The zero-order chi connectivity index (χ0) is 10.2. The van der Waals surface area contributed by atoms with Crippen LogP contribution in [0.1, 0.15) is 12.1 Å². The normalized spacial score (nSPS) is 10.1. The molecule has 0 unspecified atom stereocenters. The topological polar surface area (TPSA) is 64.5 Å². The van der Waals surface area contributed by atoms with Gasteiger partial charge in [0.25, 0.3) is 0 Å². The summed E-state index contributed by atoms with van der Waals surface area (Å²) in [5.41, 5.74) is 0.509. The minimum absolute atomic E-state index is 0.123. The lowest BCUT2D eigenvalue weighted by molar-refractivity contribution is 0.170. The van der Waals surface area contributed by atoms with Crippen molar-refractivity contribution in [2.24, 2.45) is 0 Å². The van der Waals surface area contributed by atoms with Crippen molar-refractivity contribution < 1.29 is 14.6 Å². The fourth-order valence-corrected chi connectivity index (χ4v) is 0.912. The first kappa shape index (κ1) is 10.9. The van der Waals surface area contributed by atoms with E-state index < -0.39 is 0 Å². The van der Waals surface area contributed by atoms with Crippen LogP contribution in [0, 0.1) is 0 Å². The molecular weight excluding hydrogens is 184 g/mol. The van der Waals surface area contributed by atoms with Crippen LogP contribution in [-0.2, 0) is 11.3 Å². The summed E-state index contributed by atoms with van der Waals surface area (Å²) in [5.74, 6) is 0.438. The second kappa shape index (κ2) is 6.28. The fourth-order valence-electron chi connectivity index (χ4n) is 0.912. The summed E-state index contributed by atoms with van der Waals surface area (Å²) in [6.07, 6.45) is 3.83. The molecule has 0 fully saturated rings. The second-order valence-corrected chi connectivity index (χ2v) is 2.70. The highest BCUT2D eigenvalue weighted by Gasteiger charge is 1.98. The molecule has 1 aromatic rings. The maximum atomic E-state index is 8.79. The SMILES string of the molecule is COCCCOc1cncc(CO)n1. The second-order valence-electron chi connectivity index (χ2n) is 2.70. The Bertz CT molecular complexity index is 268. The molecule has 0 saturated heterocycles. The zero-order valence-corrected chi connectivity index (χ0v) is 8.14. The van der Waals surface area contributed by atoms with Crippen LogP contribution in [0.15, 0.2) is 12.4 Å². The van der Waals surface area contributed by atoms with E-state index in [0.29, 0.717) is 24.8 Å². The summed E-state index contributed by atoms with van der Waals surface area (Å²) in [4.78, 5) is 7.89. The number of aromatic nitrogens is 2. The molecule has 14 heavy (non-hydrogen) atoms. The van der Waals surface area contributed by atoms with Crippen molar-refractivity contribution >= 4 is 0 Å². The van der Waals surface area contributed by atoms with Gasteiger partial charge in [0.15, 0.2) is 0 Å². The predicted molar refractivity (Wildman–Crippen MR) is 49.9 cm³/mol. The van der Waals surface area contributed by atoms with Gasteiger partial charge in [0.05, 0.1) is 31.3 Å². The summed E-state index contributed by atoms with van der Waals surface area (Å²) in [6.45, 7) is 1.08. The van der Waals surface area contributed by atoms with E-state index in [9.17, 15) is 0 Å². The van der Waals surface area contributed by atoms with E-state index in [1.165, 1.54) is 12.4 Å². The van der Waals surface area contributed by atoms with Crippen LogP contribution in [0.25, 0.3) is 0 Å². The first-order chi connectivity index (χ1) is 6.86. The average molecular weight is 198 g/mol. The lowest BCUT2D eigenvalue weighted by Gasteiger charge is -2.04. The molecule has 0 radical (unpaired) electrons. The number of rotatable bonds is 6. The van der Waals surface area contributed by atoms with Crippen LogP contribution in [0.3, 0.4) is 0 Å². The molecule has 0 spiro atoms. The zero-order valence-electron chi connectivity index (χ0n) is 8.14. The van der Waals surface area contributed by atoms with Crippen LogP contribution >= 0.6 is 0 Å². The third-order valence-corrected chi connectivity index (χ3v) is 1.57. The van der Waals surface area contributed by atoms with Crippen molar-refractivity contribution in [3.05, 3.63) is 18.1 Å².